The number of anilines is 2. The summed E-state index contributed by atoms with van der Waals surface area (Å²) in [5.74, 6) is 0. The number of amides is 3. The Kier molecular flexibility index (Phi) is 8.78. The lowest BCUT2D eigenvalue weighted by Gasteiger charge is -2.21. The lowest BCUT2D eigenvalue weighted by atomic mass is 10.1. The van der Waals surface area contributed by atoms with Crippen LogP contribution in [-0.2, 0) is 17.7 Å². The maximum absolute atomic E-state index is 13.3. The SMILES string of the molecule is Cc1c(NC(=O)OC(C)(C)C)ccc2nc(N(CCCc3ccccc3)C(=O)NCc3ccccn3)oc(=O)c12. The van der Waals surface area contributed by atoms with Gasteiger partial charge in [0.15, 0.2) is 0 Å². The van der Waals surface area contributed by atoms with E-state index in [0.29, 0.717) is 28.9 Å². The van der Waals surface area contributed by atoms with Crippen LogP contribution in [0.3, 0.4) is 0 Å². The number of rotatable bonds is 8. The van der Waals surface area contributed by atoms with Crippen LogP contribution in [0, 0.1) is 6.92 Å². The van der Waals surface area contributed by atoms with Crippen molar-refractivity contribution in [3.05, 3.63) is 94.1 Å². The minimum absolute atomic E-state index is 0.115. The van der Waals surface area contributed by atoms with Gasteiger partial charge in [0.05, 0.1) is 23.1 Å². The Morgan fingerprint density at radius 2 is 1.77 bits per heavy atom. The molecule has 0 spiro atoms. The first-order valence-corrected chi connectivity index (χ1v) is 13.0. The van der Waals surface area contributed by atoms with Gasteiger partial charge in [0.2, 0.25) is 0 Å². The van der Waals surface area contributed by atoms with Crippen molar-refractivity contribution in [3.8, 4) is 0 Å². The lowest BCUT2D eigenvalue weighted by Crippen LogP contribution is -2.41. The van der Waals surface area contributed by atoms with Gasteiger partial charge < -0.3 is 14.5 Å². The molecule has 2 aromatic carbocycles. The molecule has 0 saturated carbocycles. The molecule has 3 amide bonds. The molecule has 4 rings (SSSR count). The number of carbonyl (C=O) groups excluding carboxylic acids is 2. The number of nitrogens with zero attached hydrogens (tertiary/aromatic N) is 3. The van der Waals surface area contributed by atoms with Crippen LogP contribution in [0.15, 0.2) is 76.1 Å². The molecule has 0 fully saturated rings. The van der Waals surface area contributed by atoms with Crippen molar-refractivity contribution < 1.29 is 18.7 Å². The van der Waals surface area contributed by atoms with Crippen molar-refractivity contribution in [3.63, 3.8) is 0 Å². The standard InChI is InChI=1S/C30H33N5O5/c1-20-23(34-29(38)40-30(2,3)4)15-16-24-25(20)26(36)39-28(33-24)35(18-10-13-21-11-6-5-7-12-21)27(37)32-19-22-14-8-9-17-31-22/h5-9,11-12,14-17H,10,13,18-19H2,1-4H3,(H,32,37)(H,34,38). The van der Waals surface area contributed by atoms with Gasteiger partial charge in [-0.2, -0.15) is 4.98 Å². The number of fused-ring (bicyclic) bond motifs is 1. The Labute approximate surface area is 232 Å². The van der Waals surface area contributed by atoms with Gasteiger partial charge in [0.25, 0.3) is 0 Å². The minimum Gasteiger partial charge on any atom is -0.444 e. The van der Waals surface area contributed by atoms with E-state index in [1.807, 2.05) is 36.4 Å². The average molecular weight is 544 g/mol. The number of hydrogen-bond donors (Lipinski definition) is 2. The van der Waals surface area contributed by atoms with Crippen LogP contribution >= 0.6 is 0 Å². The van der Waals surface area contributed by atoms with Crippen molar-refractivity contribution in [2.75, 3.05) is 16.8 Å². The first kappa shape index (κ1) is 28.3. The number of aryl methyl sites for hydroxylation is 2. The largest absolute Gasteiger partial charge is 0.444 e. The van der Waals surface area contributed by atoms with Gasteiger partial charge >= 0.3 is 23.8 Å². The summed E-state index contributed by atoms with van der Waals surface area (Å²) in [6.07, 6.45) is 2.35. The monoisotopic (exact) mass is 543 g/mol. The highest BCUT2D eigenvalue weighted by molar-refractivity contribution is 5.94. The van der Waals surface area contributed by atoms with Gasteiger partial charge in [-0.15, -0.1) is 0 Å². The second-order valence-electron chi connectivity index (χ2n) is 10.3. The summed E-state index contributed by atoms with van der Waals surface area (Å²) in [6, 6.07) is 18.0. The summed E-state index contributed by atoms with van der Waals surface area (Å²) < 4.78 is 10.9. The molecule has 10 nitrogen and oxygen atoms in total. The number of ether oxygens (including phenoxy) is 1. The minimum atomic E-state index is -0.675. The molecule has 208 valence electrons. The summed E-state index contributed by atoms with van der Waals surface area (Å²) in [5, 5.41) is 5.71. The van der Waals surface area contributed by atoms with E-state index in [1.165, 1.54) is 4.90 Å². The number of pyridine rings is 1. The Bertz CT molecular complexity index is 1530. The third kappa shape index (κ3) is 7.43. The maximum atomic E-state index is 13.3. The number of urea groups is 1. The molecule has 0 saturated heterocycles. The molecule has 0 bridgehead atoms. The second-order valence-corrected chi connectivity index (χ2v) is 10.3. The number of carbonyl (C=O) groups is 2. The van der Waals surface area contributed by atoms with E-state index in [4.69, 9.17) is 9.15 Å². The molecule has 10 heteroatoms. The van der Waals surface area contributed by atoms with E-state index >= 15 is 0 Å². The van der Waals surface area contributed by atoms with E-state index in [9.17, 15) is 14.4 Å². The van der Waals surface area contributed by atoms with Crippen LogP contribution in [-0.4, -0.2) is 34.2 Å². The van der Waals surface area contributed by atoms with Crippen molar-refractivity contribution in [2.45, 2.75) is 52.7 Å². The summed E-state index contributed by atoms with van der Waals surface area (Å²) in [7, 11) is 0. The van der Waals surface area contributed by atoms with Gasteiger partial charge in [-0.1, -0.05) is 36.4 Å². The first-order chi connectivity index (χ1) is 19.1. The summed E-state index contributed by atoms with van der Waals surface area (Å²) in [5.41, 5.74) is 1.69. The molecule has 0 atom stereocenters. The first-order valence-electron chi connectivity index (χ1n) is 13.0. The quantitative estimate of drug-likeness (QED) is 0.297. The van der Waals surface area contributed by atoms with Gasteiger partial charge in [0, 0.05) is 18.4 Å². The third-order valence-corrected chi connectivity index (χ3v) is 6.00. The maximum Gasteiger partial charge on any atom is 0.412 e. The number of aromatic nitrogens is 2. The molecular weight excluding hydrogens is 510 g/mol. The van der Waals surface area contributed by atoms with Crippen LogP contribution in [0.5, 0.6) is 0 Å². The number of hydrogen-bond acceptors (Lipinski definition) is 7. The highest BCUT2D eigenvalue weighted by Crippen LogP contribution is 2.25. The Morgan fingerprint density at radius 3 is 2.48 bits per heavy atom. The highest BCUT2D eigenvalue weighted by atomic mass is 16.6. The van der Waals surface area contributed by atoms with Crippen LogP contribution in [0.4, 0.5) is 21.3 Å². The highest BCUT2D eigenvalue weighted by Gasteiger charge is 2.23. The Balaban J connectivity index is 1.60. The van der Waals surface area contributed by atoms with E-state index in [0.717, 1.165) is 12.0 Å². The average Bonchev–Trinajstić information content (AvgIpc) is 2.91. The van der Waals surface area contributed by atoms with Gasteiger partial charge in [-0.3, -0.25) is 10.3 Å². The number of benzene rings is 2. The van der Waals surface area contributed by atoms with Gasteiger partial charge in [-0.25, -0.2) is 19.3 Å². The molecule has 2 aromatic heterocycles. The van der Waals surface area contributed by atoms with Crippen molar-refractivity contribution in [2.24, 2.45) is 0 Å². The predicted molar refractivity (Wildman–Crippen MR) is 153 cm³/mol. The Morgan fingerprint density at radius 1 is 1.02 bits per heavy atom. The zero-order valence-electron chi connectivity index (χ0n) is 23.1. The summed E-state index contributed by atoms with van der Waals surface area (Å²) >= 11 is 0. The van der Waals surface area contributed by atoms with Crippen LogP contribution in [0.25, 0.3) is 10.9 Å². The third-order valence-electron chi connectivity index (χ3n) is 6.00. The Hall–Kier alpha value is -4.73. The van der Waals surface area contributed by atoms with Crippen LogP contribution < -0.4 is 21.2 Å². The molecule has 0 aliphatic carbocycles. The van der Waals surface area contributed by atoms with E-state index < -0.39 is 23.4 Å². The molecule has 0 unspecified atom stereocenters. The molecule has 4 aromatic rings. The van der Waals surface area contributed by atoms with E-state index in [1.54, 1.807) is 58.2 Å². The van der Waals surface area contributed by atoms with Gasteiger partial charge in [0.1, 0.15) is 5.60 Å². The molecule has 40 heavy (non-hydrogen) atoms. The molecule has 0 radical (unpaired) electrons. The predicted octanol–water partition coefficient (Wildman–Crippen LogP) is 5.59. The zero-order chi connectivity index (χ0) is 28.7. The second kappa shape index (κ2) is 12.4. The zero-order valence-corrected chi connectivity index (χ0v) is 23.1. The molecule has 2 heterocycles. The molecular formula is C30H33N5O5. The summed E-state index contributed by atoms with van der Waals surface area (Å²) in [4.78, 5) is 48.8. The fourth-order valence-electron chi connectivity index (χ4n) is 4.11. The van der Waals surface area contributed by atoms with Crippen LogP contribution in [0.2, 0.25) is 0 Å². The van der Waals surface area contributed by atoms with E-state index in [-0.39, 0.29) is 24.5 Å². The smallest absolute Gasteiger partial charge is 0.412 e. The molecule has 0 aliphatic rings. The van der Waals surface area contributed by atoms with E-state index in [2.05, 4.69) is 20.6 Å². The lowest BCUT2D eigenvalue weighted by molar-refractivity contribution is 0.0635. The van der Waals surface area contributed by atoms with Crippen molar-refractivity contribution in [1.82, 2.24) is 15.3 Å². The normalized spacial score (nSPS) is 11.2. The topological polar surface area (TPSA) is 127 Å². The van der Waals surface area contributed by atoms with Gasteiger partial charge in [-0.05, 0) is 75.9 Å². The summed E-state index contributed by atoms with van der Waals surface area (Å²) in [6.45, 7) is 7.44. The number of nitrogens with one attached hydrogen (secondary N) is 2. The van der Waals surface area contributed by atoms with Crippen molar-refractivity contribution >= 4 is 34.7 Å². The molecule has 0 aliphatic heterocycles. The fourth-order valence-corrected chi connectivity index (χ4v) is 4.11. The fraction of sp³-hybridized carbons (Fsp3) is 0.300. The van der Waals surface area contributed by atoms with Crippen molar-refractivity contribution in [1.29, 1.82) is 0 Å². The van der Waals surface area contributed by atoms with Crippen LogP contribution in [0.1, 0.15) is 44.0 Å². The molecule has 2 N–H and O–H groups in total.